The molecule has 0 aliphatic carbocycles. The van der Waals surface area contributed by atoms with E-state index in [0.29, 0.717) is 31.3 Å². The van der Waals surface area contributed by atoms with Crippen LogP contribution < -0.4 is 0 Å². The molecular weight excluding hydrogens is 330 g/mol. The molecule has 0 saturated carbocycles. The Hall–Kier alpha value is -1.21. The average Bonchev–Trinajstić information content (AvgIpc) is 3.19. The molecule has 0 radical (unpaired) electrons. The van der Waals surface area contributed by atoms with Crippen LogP contribution in [-0.4, -0.2) is 59.3 Å². The molecule has 1 aromatic rings. The van der Waals surface area contributed by atoms with Gasteiger partial charge in [0.05, 0.1) is 23.7 Å². The van der Waals surface area contributed by atoms with Crippen LogP contribution in [0.25, 0.3) is 0 Å². The summed E-state index contributed by atoms with van der Waals surface area (Å²) in [6.45, 7) is 3.46. The zero-order valence-electron chi connectivity index (χ0n) is 13.6. The van der Waals surface area contributed by atoms with Crippen molar-refractivity contribution in [3.05, 3.63) is 29.0 Å². The van der Waals surface area contributed by atoms with Crippen LogP contribution in [0.3, 0.4) is 0 Å². The van der Waals surface area contributed by atoms with E-state index in [2.05, 4.69) is 9.88 Å². The summed E-state index contributed by atoms with van der Waals surface area (Å²) in [6.07, 6.45) is 6.42. The van der Waals surface area contributed by atoms with Crippen LogP contribution in [0.4, 0.5) is 0 Å². The number of carbonyl (C=O) groups is 1. The number of amides is 1. The lowest BCUT2D eigenvalue weighted by molar-refractivity contribution is -0.203. The number of hydroxylamine groups is 2. The van der Waals surface area contributed by atoms with Gasteiger partial charge in [0.1, 0.15) is 0 Å². The molecule has 24 heavy (non-hydrogen) atoms. The Bertz CT molecular complexity index is 608. The van der Waals surface area contributed by atoms with E-state index < -0.39 is 0 Å². The number of likely N-dealkylation sites (tertiary alicyclic amines) is 1. The Kier molecular flexibility index (Phi) is 4.72. The maximum atomic E-state index is 12.9. The predicted molar refractivity (Wildman–Crippen MR) is 88.2 cm³/mol. The SMILES string of the molecule is O=C([C@@H]1CN(Cc2cncc(Cl)c2)[C@H]2CCO[C@@H]12)N1CCCCO1. The van der Waals surface area contributed by atoms with Crippen molar-refractivity contribution < 1.29 is 14.4 Å². The lowest BCUT2D eigenvalue weighted by Gasteiger charge is -2.29. The monoisotopic (exact) mass is 351 g/mol. The highest BCUT2D eigenvalue weighted by atomic mass is 35.5. The zero-order valence-corrected chi connectivity index (χ0v) is 14.3. The van der Waals surface area contributed by atoms with Crippen molar-refractivity contribution in [2.24, 2.45) is 5.92 Å². The molecule has 3 saturated heterocycles. The van der Waals surface area contributed by atoms with Crippen molar-refractivity contribution in [3.8, 4) is 0 Å². The first-order valence-electron chi connectivity index (χ1n) is 8.62. The third-order valence-electron chi connectivity index (χ3n) is 5.11. The molecule has 3 aliphatic rings. The van der Waals surface area contributed by atoms with Crippen LogP contribution in [-0.2, 0) is 20.9 Å². The fraction of sp³-hybridized carbons (Fsp3) is 0.647. The molecule has 0 spiro atoms. The molecule has 1 amide bonds. The largest absolute Gasteiger partial charge is 0.376 e. The van der Waals surface area contributed by atoms with Gasteiger partial charge < -0.3 is 4.74 Å². The van der Waals surface area contributed by atoms with Crippen LogP contribution in [0, 0.1) is 5.92 Å². The van der Waals surface area contributed by atoms with Crippen LogP contribution in [0.15, 0.2) is 18.5 Å². The molecule has 0 bridgehead atoms. The van der Waals surface area contributed by atoms with Crippen molar-refractivity contribution in [1.82, 2.24) is 14.9 Å². The fourth-order valence-corrected chi connectivity index (χ4v) is 4.20. The zero-order chi connectivity index (χ0) is 16.5. The number of rotatable bonds is 3. The Morgan fingerprint density at radius 2 is 2.25 bits per heavy atom. The van der Waals surface area contributed by atoms with E-state index in [4.69, 9.17) is 21.2 Å². The standard InChI is InChI=1S/C17H22ClN3O3/c18-13-7-12(8-19-9-13)10-20-11-14(16-15(20)3-6-23-16)17(22)21-4-1-2-5-24-21/h7-9,14-16H,1-6,10-11H2/t14-,15+,16+/m1/s1. The van der Waals surface area contributed by atoms with Crippen molar-refractivity contribution in [2.75, 3.05) is 26.3 Å². The number of pyridine rings is 1. The number of aromatic nitrogens is 1. The molecule has 1 aromatic heterocycles. The second-order valence-corrected chi connectivity index (χ2v) is 7.16. The van der Waals surface area contributed by atoms with E-state index in [0.717, 1.165) is 31.4 Å². The van der Waals surface area contributed by atoms with Gasteiger partial charge in [-0.1, -0.05) is 11.6 Å². The third kappa shape index (κ3) is 3.16. The van der Waals surface area contributed by atoms with Gasteiger partial charge in [-0.15, -0.1) is 0 Å². The first-order valence-corrected chi connectivity index (χ1v) is 8.99. The minimum Gasteiger partial charge on any atom is -0.376 e. The Morgan fingerprint density at radius 1 is 1.33 bits per heavy atom. The summed E-state index contributed by atoms with van der Waals surface area (Å²) in [4.78, 5) is 24.9. The van der Waals surface area contributed by atoms with E-state index in [-0.39, 0.29) is 24.0 Å². The summed E-state index contributed by atoms with van der Waals surface area (Å²) in [5, 5.41) is 2.19. The molecule has 3 atom stereocenters. The van der Waals surface area contributed by atoms with Gasteiger partial charge in [-0.3, -0.25) is 19.5 Å². The van der Waals surface area contributed by atoms with Crippen LogP contribution in [0.5, 0.6) is 0 Å². The van der Waals surface area contributed by atoms with Crippen LogP contribution in [0.2, 0.25) is 5.02 Å². The highest BCUT2D eigenvalue weighted by molar-refractivity contribution is 6.30. The van der Waals surface area contributed by atoms with Gasteiger partial charge in [-0.05, 0) is 30.9 Å². The van der Waals surface area contributed by atoms with E-state index in [1.54, 1.807) is 11.3 Å². The van der Waals surface area contributed by atoms with E-state index in [9.17, 15) is 4.79 Å². The number of hydrogen-bond donors (Lipinski definition) is 0. The maximum Gasteiger partial charge on any atom is 0.253 e. The molecule has 0 N–H and O–H groups in total. The molecule has 6 nitrogen and oxygen atoms in total. The summed E-state index contributed by atoms with van der Waals surface area (Å²) in [5.41, 5.74) is 1.07. The quantitative estimate of drug-likeness (QED) is 0.832. The van der Waals surface area contributed by atoms with Gasteiger partial charge in [-0.2, -0.15) is 0 Å². The lowest BCUT2D eigenvalue weighted by atomic mass is 10.0. The molecule has 4 heterocycles. The minimum absolute atomic E-state index is 0.0323. The predicted octanol–water partition coefficient (Wildman–Crippen LogP) is 1.88. The normalized spacial score (nSPS) is 30.5. The summed E-state index contributed by atoms with van der Waals surface area (Å²) in [6, 6.07) is 2.21. The van der Waals surface area contributed by atoms with Gasteiger partial charge in [0.2, 0.25) is 0 Å². The number of halogens is 1. The smallest absolute Gasteiger partial charge is 0.253 e. The van der Waals surface area contributed by atoms with Gasteiger partial charge in [0, 0.05) is 44.7 Å². The van der Waals surface area contributed by atoms with E-state index >= 15 is 0 Å². The van der Waals surface area contributed by atoms with Crippen molar-refractivity contribution in [1.29, 1.82) is 0 Å². The number of ether oxygens (including phenoxy) is 1. The summed E-state index contributed by atoms with van der Waals surface area (Å²) < 4.78 is 5.91. The second kappa shape index (κ2) is 6.96. The molecule has 3 aliphatic heterocycles. The number of carbonyl (C=O) groups excluding carboxylic acids is 1. The third-order valence-corrected chi connectivity index (χ3v) is 5.32. The lowest BCUT2D eigenvalue weighted by Crippen LogP contribution is -2.43. The van der Waals surface area contributed by atoms with Crippen LogP contribution >= 0.6 is 11.6 Å². The Morgan fingerprint density at radius 3 is 3.04 bits per heavy atom. The Balaban J connectivity index is 1.48. The fourth-order valence-electron chi connectivity index (χ4n) is 4.00. The van der Waals surface area contributed by atoms with Gasteiger partial charge in [0.15, 0.2) is 0 Å². The molecule has 7 heteroatoms. The van der Waals surface area contributed by atoms with Crippen molar-refractivity contribution in [3.63, 3.8) is 0 Å². The second-order valence-electron chi connectivity index (χ2n) is 6.72. The Labute approximate surface area is 146 Å². The summed E-state index contributed by atoms with van der Waals surface area (Å²) in [7, 11) is 0. The molecule has 0 aromatic carbocycles. The van der Waals surface area contributed by atoms with Gasteiger partial charge in [-0.25, -0.2) is 5.06 Å². The van der Waals surface area contributed by atoms with Gasteiger partial charge >= 0.3 is 0 Å². The first kappa shape index (κ1) is 16.3. The average molecular weight is 352 g/mol. The summed E-state index contributed by atoms with van der Waals surface area (Å²) in [5.74, 6) is -0.0823. The van der Waals surface area contributed by atoms with Crippen molar-refractivity contribution >= 4 is 17.5 Å². The summed E-state index contributed by atoms with van der Waals surface area (Å²) >= 11 is 6.04. The minimum atomic E-state index is -0.150. The molecule has 0 unspecified atom stereocenters. The molecular formula is C17H22ClN3O3. The molecule has 4 rings (SSSR count). The highest BCUT2D eigenvalue weighted by Crippen LogP contribution is 2.35. The molecule has 130 valence electrons. The van der Waals surface area contributed by atoms with Crippen LogP contribution in [0.1, 0.15) is 24.8 Å². The van der Waals surface area contributed by atoms with Gasteiger partial charge in [0.25, 0.3) is 5.91 Å². The number of nitrogens with zero attached hydrogens (tertiary/aromatic N) is 3. The number of hydrogen-bond acceptors (Lipinski definition) is 5. The van der Waals surface area contributed by atoms with Crippen molar-refractivity contribution in [2.45, 2.75) is 38.0 Å². The van der Waals surface area contributed by atoms with E-state index in [1.807, 2.05) is 12.3 Å². The first-order chi connectivity index (χ1) is 11.7. The number of fused-ring (bicyclic) bond motifs is 1. The molecule has 3 fully saturated rings. The highest BCUT2D eigenvalue weighted by Gasteiger charge is 2.49. The maximum absolute atomic E-state index is 12.9. The topological polar surface area (TPSA) is 54.9 Å². The van der Waals surface area contributed by atoms with E-state index in [1.165, 1.54) is 0 Å².